The Balaban J connectivity index is 2.33. The molecule has 1 fully saturated rings. The summed E-state index contributed by atoms with van der Waals surface area (Å²) >= 11 is 0. The number of aromatic nitrogens is 2. The Hall–Kier alpha value is -1.07. The summed E-state index contributed by atoms with van der Waals surface area (Å²) in [6.07, 6.45) is 2.15. The van der Waals surface area contributed by atoms with Crippen LogP contribution in [0, 0.1) is 11.8 Å². The lowest BCUT2D eigenvalue weighted by molar-refractivity contribution is 0.0486. The van der Waals surface area contributed by atoms with Crippen molar-refractivity contribution in [3.05, 3.63) is 11.9 Å². The van der Waals surface area contributed by atoms with Crippen LogP contribution in [0.3, 0.4) is 0 Å². The van der Waals surface area contributed by atoms with Gasteiger partial charge in [-0.3, -0.25) is 4.68 Å². The van der Waals surface area contributed by atoms with E-state index >= 15 is 0 Å². The third-order valence-electron chi connectivity index (χ3n) is 4.41. The minimum absolute atomic E-state index is 0.118. The summed E-state index contributed by atoms with van der Waals surface area (Å²) in [6.45, 7) is 9.27. The van der Waals surface area contributed by atoms with E-state index < -0.39 is 0 Å². The van der Waals surface area contributed by atoms with Crippen molar-refractivity contribution in [2.24, 2.45) is 17.6 Å². The van der Waals surface area contributed by atoms with E-state index in [9.17, 15) is 0 Å². The van der Waals surface area contributed by atoms with Gasteiger partial charge in [-0.1, -0.05) is 6.92 Å². The highest BCUT2D eigenvalue weighted by Crippen LogP contribution is 2.41. The van der Waals surface area contributed by atoms with E-state index in [-0.39, 0.29) is 24.2 Å². The third-order valence-corrected chi connectivity index (χ3v) is 4.41. The number of nitrogens with zero attached hydrogens (tertiary/aromatic N) is 2. The van der Waals surface area contributed by atoms with Gasteiger partial charge >= 0.3 is 0 Å². The van der Waals surface area contributed by atoms with Crippen molar-refractivity contribution in [1.29, 1.82) is 0 Å². The van der Waals surface area contributed by atoms with Crippen molar-refractivity contribution in [1.82, 2.24) is 9.78 Å². The lowest BCUT2D eigenvalue weighted by Gasteiger charge is -2.26. The van der Waals surface area contributed by atoms with E-state index in [1.165, 1.54) is 0 Å². The standard InChI is InChI=1S/C14H25N3O2/c1-6-17-14(11(18-5)7-16-17)13(15)12-8(2)9(3)19-10(12)4/h7-10,12-13H,6,15H2,1-5H3. The van der Waals surface area contributed by atoms with E-state index in [0.29, 0.717) is 5.92 Å². The second-order valence-electron chi connectivity index (χ2n) is 5.42. The lowest BCUT2D eigenvalue weighted by atomic mass is 9.82. The minimum Gasteiger partial charge on any atom is -0.493 e. The van der Waals surface area contributed by atoms with Crippen LogP contribution in [-0.4, -0.2) is 29.1 Å². The second-order valence-corrected chi connectivity index (χ2v) is 5.42. The van der Waals surface area contributed by atoms with Crippen LogP contribution in [0.2, 0.25) is 0 Å². The van der Waals surface area contributed by atoms with Crippen LogP contribution >= 0.6 is 0 Å². The maximum Gasteiger partial charge on any atom is 0.161 e. The Bertz CT molecular complexity index is 411. The van der Waals surface area contributed by atoms with Crippen molar-refractivity contribution < 1.29 is 9.47 Å². The van der Waals surface area contributed by atoms with Crippen LogP contribution in [0.15, 0.2) is 6.20 Å². The topological polar surface area (TPSA) is 62.3 Å². The van der Waals surface area contributed by atoms with Crippen LogP contribution in [-0.2, 0) is 11.3 Å². The molecule has 0 aromatic carbocycles. The molecule has 1 aromatic heterocycles. The molecule has 1 saturated heterocycles. The van der Waals surface area contributed by atoms with Gasteiger partial charge in [-0.2, -0.15) is 5.10 Å². The van der Waals surface area contributed by atoms with Gasteiger partial charge in [0.05, 0.1) is 37.3 Å². The molecule has 5 atom stereocenters. The highest BCUT2D eigenvalue weighted by atomic mass is 16.5. The first-order chi connectivity index (χ1) is 9.01. The SMILES string of the molecule is CCn1ncc(OC)c1C(N)C1C(C)OC(C)C1C. The lowest BCUT2D eigenvalue weighted by Crippen LogP contribution is -2.32. The number of ether oxygens (including phenoxy) is 2. The van der Waals surface area contributed by atoms with Gasteiger partial charge in [0.15, 0.2) is 5.75 Å². The van der Waals surface area contributed by atoms with Crippen LogP contribution in [0.5, 0.6) is 5.75 Å². The van der Waals surface area contributed by atoms with Crippen LogP contribution in [0.25, 0.3) is 0 Å². The normalized spacial score (nSPS) is 32.5. The van der Waals surface area contributed by atoms with E-state index in [1.807, 2.05) is 4.68 Å². The Morgan fingerprint density at radius 2 is 2.11 bits per heavy atom. The van der Waals surface area contributed by atoms with Gasteiger partial charge in [0, 0.05) is 12.5 Å². The van der Waals surface area contributed by atoms with E-state index in [0.717, 1.165) is 18.0 Å². The van der Waals surface area contributed by atoms with Crippen molar-refractivity contribution in [2.45, 2.75) is 52.5 Å². The molecule has 2 N–H and O–H groups in total. The predicted octanol–water partition coefficient (Wildman–Crippen LogP) is 1.97. The first-order valence-electron chi connectivity index (χ1n) is 7.01. The molecule has 0 saturated carbocycles. The van der Waals surface area contributed by atoms with Gasteiger partial charge in [0.25, 0.3) is 0 Å². The molecule has 5 heteroatoms. The van der Waals surface area contributed by atoms with E-state index in [1.54, 1.807) is 13.3 Å². The zero-order valence-electron chi connectivity index (χ0n) is 12.5. The Morgan fingerprint density at radius 3 is 2.58 bits per heavy atom. The molecule has 1 aliphatic heterocycles. The number of hydrogen-bond donors (Lipinski definition) is 1. The largest absolute Gasteiger partial charge is 0.493 e. The maximum absolute atomic E-state index is 6.52. The highest BCUT2D eigenvalue weighted by molar-refractivity contribution is 5.29. The molecular weight excluding hydrogens is 242 g/mol. The predicted molar refractivity (Wildman–Crippen MR) is 74.0 cm³/mol. The zero-order chi connectivity index (χ0) is 14.2. The summed E-state index contributed by atoms with van der Waals surface area (Å²) < 4.78 is 13.2. The molecule has 2 rings (SSSR count). The molecular formula is C14H25N3O2. The number of methoxy groups -OCH3 is 1. The molecule has 5 nitrogen and oxygen atoms in total. The molecule has 0 bridgehead atoms. The fourth-order valence-corrected chi connectivity index (χ4v) is 3.22. The summed E-state index contributed by atoms with van der Waals surface area (Å²) in [5.41, 5.74) is 7.50. The smallest absolute Gasteiger partial charge is 0.161 e. The molecule has 0 aliphatic carbocycles. The Morgan fingerprint density at radius 1 is 1.42 bits per heavy atom. The minimum atomic E-state index is -0.118. The summed E-state index contributed by atoms with van der Waals surface area (Å²) in [5, 5.41) is 4.34. The molecule has 1 aliphatic rings. The summed E-state index contributed by atoms with van der Waals surface area (Å²) in [4.78, 5) is 0. The van der Waals surface area contributed by atoms with Crippen molar-refractivity contribution in [2.75, 3.05) is 7.11 Å². The average molecular weight is 267 g/mol. The Kier molecular flexibility index (Phi) is 4.16. The zero-order valence-corrected chi connectivity index (χ0v) is 12.5. The second kappa shape index (κ2) is 5.51. The number of aryl methyl sites for hydroxylation is 1. The average Bonchev–Trinajstić information content (AvgIpc) is 2.90. The van der Waals surface area contributed by atoms with Gasteiger partial charge in [-0.25, -0.2) is 0 Å². The van der Waals surface area contributed by atoms with Crippen LogP contribution in [0.1, 0.15) is 39.4 Å². The van der Waals surface area contributed by atoms with Crippen molar-refractivity contribution >= 4 is 0 Å². The van der Waals surface area contributed by atoms with Gasteiger partial charge < -0.3 is 15.2 Å². The number of rotatable bonds is 4. The van der Waals surface area contributed by atoms with Crippen LogP contribution < -0.4 is 10.5 Å². The number of hydrogen-bond acceptors (Lipinski definition) is 4. The van der Waals surface area contributed by atoms with E-state index in [4.69, 9.17) is 15.2 Å². The van der Waals surface area contributed by atoms with Crippen molar-refractivity contribution in [3.8, 4) is 5.75 Å². The molecule has 0 amide bonds. The highest BCUT2D eigenvalue weighted by Gasteiger charge is 2.42. The molecule has 0 radical (unpaired) electrons. The Labute approximate surface area is 115 Å². The molecule has 19 heavy (non-hydrogen) atoms. The van der Waals surface area contributed by atoms with Crippen LogP contribution in [0.4, 0.5) is 0 Å². The monoisotopic (exact) mass is 267 g/mol. The van der Waals surface area contributed by atoms with Gasteiger partial charge in [-0.05, 0) is 26.7 Å². The quantitative estimate of drug-likeness (QED) is 0.906. The molecule has 5 unspecified atom stereocenters. The van der Waals surface area contributed by atoms with Gasteiger partial charge in [0.1, 0.15) is 0 Å². The van der Waals surface area contributed by atoms with Crippen molar-refractivity contribution in [3.63, 3.8) is 0 Å². The first kappa shape index (κ1) is 14.3. The fourth-order valence-electron chi connectivity index (χ4n) is 3.22. The third kappa shape index (κ3) is 2.37. The summed E-state index contributed by atoms with van der Waals surface area (Å²) in [6, 6.07) is -0.118. The van der Waals surface area contributed by atoms with E-state index in [2.05, 4.69) is 32.8 Å². The fraction of sp³-hybridized carbons (Fsp3) is 0.786. The molecule has 2 heterocycles. The molecule has 0 spiro atoms. The van der Waals surface area contributed by atoms with Gasteiger partial charge in [0.2, 0.25) is 0 Å². The molecule has 1 aromatic rings. The summed E-state index contributed by atoms with van der Waals surface area (Å²) in [5.74, 6) is 1.48. The first-order valence-corrected chi connectivity index (χ1v) is 7.01. The summed E-state index contributed by atoms with van der Waals surface area (Å²) in [7, 11) is 1.66. The van der Waals surface area contributed by atoms with Gasteiger partial charge in [-0.15, -0.1) is 0 Å². The maximum atomic E-state index is 6.52. The molecule has 108 valence electrons. The number of nitrogens with two attached hydrogens (primary N) is 1.